The lowest BCUT2D eigenvalue weighted by Crippen LogP contribution is -2.28. The van der Waals surface area contributed by atoms with Crippen LogP contribution in [-0.2, 0) is 5.41 Å². The third-order valence-corrected chi connectivity index (χ3v) is 15.6. The van der Waals surface area contributed by atoms with Crippen molar-refractivity contribution in [1.29, 1.82) is 0 Å². The minimum absolute atomic E-state index is 0.504. The maximum absolute atomic E-state index is 2.49. The van der Waals surface area contributed by atoms with E-state index in [4.69, 9.17) is 0 Å². The molecule has 0 saturated carbocycles. The number of nitrogens with zero attached hydrogens (tertiary/aromatic N) is 1. The molecule has 2 heterocycles. The Morgan fingerprint density at radius 3 is 1.63 bits per heavy atom. The Balaban J connectivity index is 1.07. The lowest BCUT2D eigenvalue weighted by molar-refractivity contribution is 0.769. The first-order chi connectivity index (χ1) is 30.8. The van der Waals surface area contributed by atoms with Crippen LogP contribution in [0.4, 0.5) is 17.1 Å². The number of benzene rings is 10. The van der Waals surface area contributed by atoms with E-state index in [1.54, 1.807) is 0 Å². The van der Waals surface area contributed by atoms with Gasteiger partial charge < -0.3 is 4.90 Å². The van der Waals surface area contributed by atoms with Crippen LogP contribution in [0.25, 0.3) is 73.4 Å². The Morgan fingerprint density at radius 1 is 0.355 bits per heavy atom. The van der Waals surface area contributed by atoms with Gasteiger partial charge in [0.05, 0.1) is 11.1 Å². The first-order valence-electron chi connectivity index (χ1n) is 21.2. The van der Waals surface area contributed by atoms with E-state index >= 15 is 0 Å². The van der Waals surface area contributed by atoms with Gasteiger partial charge in [-0.3, -0.25) is 0 Å². The van der Waals surface area contributed by atoms with Crippen LogP contribution in [0.15, 0.2) is 224 Å². The molecule has 290 valence electrons. The van der Waals surface area contributed by atoms with Gasteiger partial charge >= 0.3 is 0 Å². The van der Waals surface area contributed by atoms with E-state index in [0.717, 1.165) is 17.1 Å². The molecule has 0 atom stereocenters. The highest BCUT2D eigenvalue weighted by atomic mass is 32.1. The molecule has 0 N–H and O–H groups in total. The Morgan fingerprint density at radius 2 is 0.903 bits per heavy atom. The van der Waals surface area contributed by atoms with Crippen molar-refractivity contribution in [3.63, 3.8) is 0 Å². The van der Waals surface area contributed by atoms with Crippen molar-refractivity contribution in [3.05, 3.63) is 247 Å². The third-order valence-electron chi connectivity index (χ3n) is 13.1. The summed E-state index contributed by atoms with van der Waals surface area (Å²) in [5.74, 6) is 0. The number of rotatable bonds is 6. The molecular formula is C59H37NS2. The lowest BCUT2D eigenvalue weighted by atomic mass is 9.67. The number of anilines is 3. The Labute approximate surface area is 368 Å². The summed E-state index contributed by atoms with van der Waals surface area (Å²) >= 11 is 3.80. The maximum atomic E-state index is 2.49. The molecule has 1 nitrogen and oxygen atoms in total. The Bertz CT molecular complexity index is 3650. The molecule has 0 amide bonds. The van der Waals surface area contributed by atoms with E-state index in [9.17, 15) is 0 Å². The minimum Gasteiger partial charge on any atom is -0.310 e. The van der Waals surface area contributed by atoms with E-state index in [1.807, 2.05) is 22.7 Å². The van der Waals surface area contributed by atoms with Crippen molar-refractivity contribution in [3.8, 4) is 22.3 Å². The molecule has 1 aliphatic carbocycles. The van der Waals surface area contributed by atoms with Crippen molar-refractivity contribution in [2.75, 3.05) is 4.90 Å². The second kappa shape index (κ2) is 13.9. The molecule has 0 unspecified atom stereocenters. The van der Waals surface area contributed by atoms with Gasteiger partial charge in [-0.25, -0.2) is 0 Å². The monoisotopic (exact) mass is 823 g/mol. The summed E-state index contributed by atoms with van der Waals surface area (Å²) in [6.45, 7) is 0. The molecule has 0 aliphatic heterocycles. The second-order valence-electron chi connectivity index (χ2n) is 16.3. The fourth-order valence-corrected chi connectivity index (χ4v) is 13.0. The summed E-state index contributed by atoms with van der Waals surface area (Å²) in [6, 6.07) is 83.5. The quantitative estimate of drug-likeness (QED) is 0.161. The number of hydrogen-bond donors (Lipinski definition) is 0. The SMILES string of the molecule is c1ccc(C2(c3ccccc3)c3ccc(N(c4ccc(-c5cccc6c5sc5ccccc56)cc4)c4cccc5ccccc45)cc3-c3c2ccc2c3sc3ccccc32)cc1. The van der Waals surface area contributed by atoms with Gasteiger partial charge in [0.1, 0.15) is 0 Å². The molecule has 1 aliphatic rings. The first-order valence-corrected chi connectivity index (χ1v) is 22.9. The van der Waals surface area contributed by atoms with E-state index in [2.05, 4.69) is 229 Å². The van der Waals surface area contributed by atoms with Gasteiger partial charge in [0.2, 0.25) is 0 Å². The van der Waals surface area contributed by atoms with Gasteiger partial charge in [-0.1, -0.05) is 182 Å². The molecule has 0 saturated heterocycles. The predicted octanol–water partition coefficient (Wildman–Crippen LogP) is 17.1. The Kier molecular flexibility index (Phi) is 7.93. The smallest absolute Gasteiger partial charge is 0.0714 e. The molecule has 0 spiro atoms. The zero-order chi connectivity index (χ0) is 40.8. The summed E-state index contributed by atoms with van der Waals surface area (Å²) in [7, 11) is 0. The van der Waals surface area contributed by atoms with Crippen molar-refractivity contribution < 1.29 is 0 Å². The van der Waals surface area contributed by atoms with Crippen LogP contribution in [-0.4, -0.2) is 0 Å². The summed E-state index contributed by atoms with van der Waals surface area (Å²) in [5.41, 5.74) is 13.2. The van der Waals surface area contributed by atoms with E-state index in [0.29, 0.717) is 0 Å². The maximum Gasteiger partial charge on any atom is 0.0714 e. The fourth-order valence-electron chi connectivity index (χ4n) is 10.5. The van der Waals surface area contributed by atoms with Crippen molar-refractivity contribution in [1.82, 2.24) is 0 Å². The zero-order valence-electron chi connectivity index (χ0n) is 33.6. The van der Waals surface area contributed by atoms with Crippen molar-refractivity contribution in [2.45, 2.75) is 5.41 Å². The number of thiophene rings is 2. The van der Waals surface area contributed by atoms with Crippen LogP contribution in [0.3, 0.4) is 0 Å². The van der Waals surface area contributed by atoms with Crippen molar-refractivity contribution >= 4 is 90.9 Å². The lowest BCUT2D eigenvalue weighted by Gasteiger charge is -2.34. The average molecular weight is 824 g/mol. The van der Waals surface area contributed by atoms with Gasteiger partial charge in [-0.15, -0.1) is 22.7 Å². The molecule has 0 radical (unpaired) electrons. The van der Waals surface area contributed by atoms with Gasteiger partial charge in [-0.05, 0) is 86.8 Å². The zero-order valence-corrected chi connectivity index (χ0v) is 35.3. The average Bonchev–Trinajstić information content (AvgIpc) is 4.01. The van der Waals surface area contributed by atoms with Gasteiger partial charge in [0.15, 0.2) is 0 Å². The fraction of sp³-hybridized carbons (Fsp3) is 0.0169. The molecular weight excluding hydrogens is 787 g/mol. The van der Waals surface area contributed by atoms with Crippen molar-refractivity contribution in [2.24, 2.45) is 0 Å². The van der Waals surface area contributed by atoms with Crippen LogP contribution >= 0.6 is 22.7 Å². The van der Waals surface area contributed by atoms with Gasteiger partial charge in [0.25, 0.3) is 0 Å². The Hall–Kier alpha value is -7.30. The van der Waals surface area contributed by atoms with Crippen LogP contribution < -0.4 is 4.90 Å². The highest BCUT2D eigenvalue weighted by Gasteiger charge is 2.47. The number of hydrogen-bond acceptors (Lipinski definition) is 3. The topological polar surface area (TPSA) is 3.24 Å². The minimum atomic E-state index is -0.504. The molecule has 62 heavy (non-hydrogen) atoms. The molecule has 2 aromatic heterocycles. The summed E-state index contributed by atoms with van der Waals surface area (Å²) in [4.78, 5) is 2.47. The second-order valence-corrected chi connectivity index (χ2v) is 18.4. The molecule has 0 fully saturated rings. The van der Waals surface area contributed by atoms with E-state index in [1.165, 1.54) is 95.6 Å². The largest absolute Gasteiger partial charge is 0.310 e. The van der Waals surface area contributed by atoms with Gasteiger partial charge in [-0.2, -0.15) is 0 Å². The molecule has 0 bridgehead atoms. The molecule has 10 aromatic carbocycles. The molecule has 3 heteroatoms. The van der Waals surface area contributed by atoms with Gasteiger partial charge in [0, 0.05) is 62.7 Å². The highest BCUT2D eigenvalue weighted by molar-refractivity contribution is 7.26. The first kappa shape index (κ1) is 35.5. The van der Waals surface area contributed by atoms with Crippen LogP contribution in [0, 0.1) is 0 Å². The van der Waals surface area contributed by atoms with E-state index in [-0.39, 0.29) is 0 Å². The number of fused-ring (bicyclic) bond motifs is 11. The highest BCUT2D eigenvalue weighted by Crippen LogP contribution is 2.60. The van der Waals surface area contributed by atoms with Crippen LogP contribution in [0.2, 0.25) is 0 Å². The van der Waals surface area contributed by atoms with Crippen LogP contribution in [0.1, 0.15) is 22.3 Å². The normalized spacial score (nSPS) is 13.0. The molecule has 13 rings (SSSR count). The summed E-state index contributed by atoms with van der Waals surface area (Å²) < 4.78 is 5.31. The van der Waals surface area contributed by atoms with Crippen LogP contribution in [0.5, 0.6) is 0 Å². The molecule has 12 aromatic rings. The van der Waals surface area contributed by atoms with E-state index < -0.39 is 5.41 Å². The summed E-state index contributed by atoms with van der Waals surface area (Å²) in [5, 5.41) is 7.70. The summed E-state index contributed by atoms with van der Waals surface area (Å²) in [6.07, 6.45) is 0. The third kappa shape index (κ3) is 5.13. The predicted molar refractivity (Wildman–Crippen MR) is 267 cm³/mol. The standard InChI is InChI=1S/C59H37NS2/c1-3-17-40(18-4-1)59(41-19-5-2-6-20-41)51-35-33-43(37-50(51)56-52(59)36-34-49-47-23-10-12-28-55(47)62-58(49)56)60(53-26-13-16-38-15-7-8-21-44(38)53)42-31-29-39(30-32-42)45-24-14-25-48-46-22-9-11-27-54(46)61-57(45)48/h1-37H.